The minimum atomic E-state index is -1.18. The molecule has 0 unspecified atom stereocenters. The maximum atomic E-state index is 13.0. The lowest BCUT2D eigenvalue weighted by atomic mass is 10.1. The Balaban J connectivity index is 1.56. The number of amides is 1. The molecule has 0 aliphatic heterocycles. The number of nitrogens with one attached hydrogen (secondary N) is 1. The van der Waals surface area contributed by atoms with E-state index in [1.165, 1.54) is 30.4 Å². The van der Waals surface area contributed by atoms with Gasteiger partial charge in [0.2, 0.25) is 0 Å². The van der Waals surface area contributed by atoms with E-state index in [1.54, 1.807) is 36.4 Å². The number of fused-ring (bicyclic) bond motifs is 1. The first kappa shape index (κ1) is 23.6. The van der Waals surface area contributed by atoms with E-state index in [0.29, 0.717) is 20.9 Å². The van der Waals surface area contributed by atoms with E-state index in [0.717, 1.165) is 10.9 Å². The fourth-order valence-electron chi connectivity index (χ4n) is 3.15. The first-order chi connectivity index (χ1) is 16.2. The molecule has 11 heteroatoms. The molecule has 4 aromatic rings. The van der Waals surface area contributed by atoms with E-state index in [-0.39, 0.29) is 22.0 Å². The molecule has 2 aromatic carbocycles. The molecule has 2 heterocycles. The quantitative estimate of drug-likeness (QED) is 0.181. The number of aromatic nitrogens is 1. The van der Waals surface area contributed by atoms with Crippen LogP contribution in [0.1, 0.15) is 17.3 Å². The molecule has 1 atom stereocenters. The monoisotopic (exact) mass is 515 g/mol. The maximum absolute atomic E-state index is 13.0. The second-order valence-corrected chi connectivity index (χ2v) is 9.26. The number of non-ortho nitro benzene ring substituents is 1. The third-order valence-corrected chi connectivity index (χ3v) is 6.40. The summed E-state index contributed by atoms with van der Waals surface area (Å²) in [5.41, 5.74) is 1.34. The number of nitrogens with zero attached hydrogens (tertiary/aromatic N) is 2. The van der Waals surface area contributed by atoms with Crippen molar-refractivity contribution in [2.75, 3.05) is 5.32 Å². The molecule has 0 saturated heterocycles. The van der Waals surface area contributed by atoms with E-state index >= 15 is 0 Å². The number of nitro benzene ring substituents is 1. The fourth-order valence-corrected chi connectivity index (χ4v) is 4.38. The molecular formula is C23H15Cl2N3O5S. The van der Waals surface area contributed by atoms with Crippen LogP contribution in [0.5, 0.6) is 0 Å². The van der Waals surface area contributed by atoms with Gasteiger partial charge in [-0.3, -0.25) is 14.9 Å². The number of thiophene rings is 1. The lowest BCUT2D eigenvalue weighted by Crippen LogP contribution is -2.30. The minimum Gasteiger partial charge on any atom is -0.449 e. The molecule has 4 rings (SSSR count). The van der Waals surface area contributed by atoms with Crippen LogP contribution >= 0.6 is 34.5 Å². The standard InChI is InChI=1S/C23H15Cl2N3O5S/c1-12(22(29)27-18-7-6-13(28(31)32)10-16(18)24)33-23(30)15-11-19(20-8-9-21(25)34-20)26-17-5-3-2-4-14(15)17/h2-12H,1H3,(H,27,29)/t12-/m1/s1. The molecule has 1 N–H and O–H groups in total. The van der Waals surface area contributed by atoms with Gasteiger partial charge in [-0.15, -0.1) is 11.3 Å². The summed E-state index contributed by atoms with van der Waals surface area (Å²) >= 11 is 13.4. The number of ether oxygens (including phenoxy) is 1. The number of hydrogen-bond acceptors (Lipinski definition) is 7. The highest BCUT2D eigenvalue weighted by Crippen LogP contribution is 2.33. The van der Waals surface area contributed by atoms with E-state index in [4.69, 9.17) is 27.9 Å². The number of benzene rings is 2. The molecule has 2 aromatic heterocycles. The van der Waals surface area contributed by atoms with Crippen LogP contribution in [0, 0.1) is 10.1 Å². The molecule has 0 aliphatic carbocycles. The number of pyridine rings is 1. The third kappa shape index (κ3) is 5.01. The normalized spacial score (nSPS) is 11.7. The summed E-state index contributed by atoms with van der Waals surface area (Å²) in [5.74, 6) is -1.35. The number of anilines is 1. The van der Waals surface area contributed by atoms with Crippen LogP contribution in [0.3, 0.4) is 0 Å². The topological polar surface area (TPSA) is 111 Å². The summed E-state index contributed by atoms with van der Waals surface area (Å²) in [5, 5.41) is 13.9. The van der Waals surface area contributed by atoms with Gasteiger partial charge in [0.25, 0.3) is 11.6 Å². The summed E-state index contributed by atoms with van der Waals surface area (Å²) in [6, 6.07) is 15.9. The summed E-state index contributed by atoms with van der Waals surface area (Å²) in [7, 11) is 0. The first-order valence-corrected chi connectivity index (χ1v) is 11.4. The highest BCUT2D eigenvalue weighted by atomic mass is 35.5. The molecule has 0 saturated carbocycles. The molecular weight excluding hydrogens is 501 g/mol. The summed E-state index contributed by atoms with van der Waals surface area (Å²) in [6.45, 7) is 1.41. The lowest BCUT2D eigenvalue weighted by molar-refractivity contribution is -0.384. The van der Waals surface area contributed by atoms with Gasteiger partial charge in [0.05, 0.1) is 41.6 Å². The second-order valence-electron chi connectivity index (χ2n) is 7.13. The maximum Gasteiger partial charge on any atom is 0.339 e. The predicted molar refractivity (Wildman–Crippen MR) is 132 cm³/mol. The van der Waals surface area contributed by atoms with Gasteiger partial charge in [0.1, 0.15) is 0 Å². The van der Waals surface area contributed by atoms with Gasteiger partial charge in [0, 0.05) is 17.5 Å². The van der Waals surface area contributed by atoms with Crippen molar-refractivity contribution in [3.8, 4) is 10.6 Å². The Morgan fingerprint density at radius 3 is 2.56 bits per heavy atom. The van der Waals surface area contributed by atoms with Crippen LogP contribution in [0.15, 0.2) is 60.7 Å². The number of esters is 1. The van der Waals surface area contributed by atoms with Gasteiger partial charge in [-0.1, -0.05) is 41.4 Å². The predicted octanol–water partition coefficient (Wildman–Crippen LogP) is 6.36. The van der Waals surface area contributed by atoms with Gasteiger partial charge in [-0.05, 0) is 37.3 Å². The van der Waals surface area contributed by atoms with E-state index in [1.807, 2.05) is 6.07 Å². The second kappa shape index (κ2) is 9.76. The van der Waals surface area contributed by atoms with Gasteiger partial charge >= 0.3 is 5.97 Å². The summed E-state index contributed by atoms with van der Waals surface area (Å²) in [6.07, 6.45) is -1.18. The van der Waals surface area contributed by atoms with Crippen molar-refractivity contribution in [3.05, 3.63) is 85.7 Å². The number of halogens is 2. The van der Waals surface area contributed by atoms with Gasteiger partial charge < -0.3 is 10.1 Å². The molecule has 1 amide bonds. The average molecular weight is 516 g/mol. The Hall–Kier alpha value is -3.53. The number of rotatable bonds is 6. The number of nitro groups is 1. The van der Waals surface area contributed by atoms with Crippen molar-refractivity contribution in [1.82, 2.24) is 4.98 Å². The van der Waals surface area contributed by atoms with Crippen molar-refractivity contribution in [1.29, 1.82) is 0 Å². The highest BCUT2D eigenvalue weighted by Gasteiger charge is 2.23. The Bertz CT molecular complexity index is 1440. The molecule has 0 bridgehead atoms. The molecule has 0 fully saturated rings. The zero-order chi connectivity index (χ0) is 24.4. The Morgan fingerprint density at radius 1 is 1.12 bits per heavy atom. The van der Waals surface area contributed by atoms with Gasteiger partial charge in [-0.2, -0.15) is 0 Å². The van der Waals surface area contributed by atoms with Crippen LogP contribution in [-0.4, -0.2) is 27.9 Å². The van der Waals surface area contributed by atoms with Crippen LogP contribution < -0.4 is 5.32 Å². The average Bonchev–Trinajstić information content (AvgIpc) is 3.25. The highest BCUT2D eigenvalue weighted by molar-refractivity contribution is 7.19. The largest absolute Gasteiger partial charge is 0.449 e. The number of carbonyl (C=O) groups is 2. The molecule has 172 valence electrons. The third-order valence-electron chi connectivity index (χ3n) is 4.84. The number of para-hydroxylation sites is 1. The fraction of sp³-hybridized carbons (Fsp3) is 0.0870. The van der Waals surface area contributed by atoms with Crippen molar-refractivity contribution < 1.29 is 19.2 Å². The molecule has 34 heavy (non-hydrogen) atoms. The molecule has 8 nitrogen and oxygen atoms in total. The van der Waals surface area contributed by atoms with Crippen LogP contribution in [0.2, 0.25) is 9.36 Å². The minimum absolute atomic E-state index is 0.0135. The Labute approximate surface area is 207 Å². The zero-order valence-corrected chi connectivity index (χ0v) is 19.8. The number of carbonyl (C=O) groups excluding carboxylic acids is 2. The lowest BCUT2D eigenvalue weighted by Gasteiger charge is -2.15. The Kier molecular flexibility index (Phi) is 6.78. The Morgan fingerprint density at radius 2 is 1.88 bits per heavy atom. The molecule has 0 radical (unpaired) electrons. The van der Waals surface area contributed by atoms with E-state index in [2.05, 4.69) is 10.3 Å². The SMILES string of the molecule is C[C@@H](OC(=O)c1cc(-c2ccc(Cl)s2)nc2ccccc12)C(=O)Nc1ccc([N+](=O)[O-])cc1Cl. The van der Waals surface area contributed by atoms with E-state index < -0.39 is 22.9 Å². The van der Waals surface area contributed by atoms with Crippen LogP contribution in [-0.2, 0) is 9.53 Å². The van der Waals surface area contributed by atoms with Crippen LogP contribution in [0.4, 0.5) is 11.4 Å². The summed E-state index contributed by atoms with van der Waals surface area (Å²) in [4.78, 5) is 41.3. The van der Waals surface area contributed by atoms with Crippen molar-refractivity contribution in [2.24, 2.45) is 0 Å². The first-order valence-electron chi connectivity index (χ1n) is 9.84. The van der Waals surface area contributed by atoms with Crippen LogP contribution in [0.25, 0.3) is 21.5 Å². The smallest absolute Gasteiger partial charge is 0.339 e. The van der Waals surface area contributed by atoms with Gasteiger partial charge in [0.15, 0.2) is 6.10 Å². The number of hydrogen-bond donors (Lipinski definition) is 1. The van der Waals surface area contributed by atoms with Crippen molar-refractivity contribution in [3.63, 3.8) is 0 Å². The molecule has 0 spiro atoms. The zero-order valence-electron chi connectivity index (χ0n) is 17.5. The van der Waals surface area contributed by atoms with Gasteiger partial charge in [-0.25, -0.2) is 9.78 Å². The van der Waals surface area contributed by atoms with E-state index in [9.17, 15) is 19.7 Å². The summed E-state index contributed by atoms with van der Waals surface area (Å²) < 4.78 is 6.01. The molecule has 0 aliphatic rings. The van der Waals surface area contributed by atoms with Crippen molar-refractivity contribution in [2.45, 2.75) is 13.0 Å². The van der Waals surface area contributed by atoms with Crippen molar-refractivity contribution >= 4 is 68.7 Å².